The summed E-state index contributed by atoms with van der Waals surface area (Å²) in [5.41, 5.74) is 5.05. The number of amides is 1. The molecule has 0 spiro atoms. The molecule has 2 unspecified atom stereocenters. The van der Waals surface area contributed by atoms with Crippen LogP contribution >= 0.6 is 11.6 Å². The molecule has 5 nitrogen and oxygen atoms in total. The number of methoxy groups -OCH3 is 1. The third kappa shape index (κ3) is 4.32. The van der Waals surface area contributed by atoms with E-state index in [0.717, 1.165) is 33.9 Å². The topological polar surface area (TPSA) is 58.6 Å². The fraction of sp³-hybridized carbons (Fsp3) is 0.241. The molecule has 0 saturated carbocycles. The third-order valence-electron chi connectivity index (χ3n) is 6.83. The van der Waals surface area contributed by atoms with E-state index in [4.69, 9.17) is 16.3 Å². The second-order valence-corrected chi connectivity index (χ2v) is 9.34. The summed E-state index contributed by atoms with van der Waals surface area (Å²) in [6.45, 7) is 1.85. The average Bonchev–Trinajstić information content (AvgIpc) is 3.03. The lowest BCUT2D eigenvalue weighted by Crippen LogP contribution is -2.38. The van der Waals surface area contributed by atoms with Gasteiger partial charge in [-0.15, -0.1) is 0 Å². The highest BCUT2D eigenvalue weighted by Gasteiger charge is 2.41. The van der Waals surface area contributed by atoms with Gasteiger partial charge in [-0.1, -0.05) is 54.9 Å². The number of ketones is 1. The molecule has 1 N–H and O–H groups in total. The maximum absolute atomic E-state index is 13.9. The Kier molecular flexibility index (Phi) is 6.35. The Morgan fingerprint density at radius 3 is 2.37 bits per heavy atom. The number of nitrogens with zero attached hydrogens (tertiary/aromatic N) is 1. The number of hydrogen-bond donors (Lipinski definition) is 1. The first kappa shape index (κ1) is 23.2. The van der Waals surface area contributed by atoms with Gasteiger partial charge in [0.15, 0.2) is 5.78 Å². The predicted molar refractivity (Wildman–Crippen MR) is 139 cm³/mol. The number of hydrogen-bond acceptors (Lipinski definition) is 4. The molecular formula is C29H27ClN2O3. The molecule has 0 radical (unpaired) electrons. The number of para-hydroxylation sites is 2. The Morgan fingerprint density at radius 1 is 1.00 bits per heavy atom. The van der Waals surface area contributed by atoms with Crippen LogP contribution in [0, 0.1) is 0 Å². The van der Waals surface area contributed by atoms with Crippen molar-refractivity contribution in [3.63, 3.8) is 0 Å². The van der Waals surface area contributed by atoms with Crippen LogP contribution in [0.1, 0.15) is 49.3 Å². The molecule has 178 valence electrons. The van der Waals surface area contributed by atoms with E-state index in [1.807, 2.05) is 79.7 Å². The molecule has 1 aliphatic heterocycles. The fourth-order valence-corrected chi connectivity index (χ4v) is 5.23. The number of fused-ring (bicyclic) bond motifs is 1. The van der Waals surface area contributed by atoms with Crippen molar-refractivity contribution in [2.75, 3.05) is 17.3 Å². The smallest absolute Gasteiger partial charge is 0.227 e. The molecule has 3 aromatic carbocycles. The van der Waals surface area contributed by atoms with Crippen LogP contribution in [0.5, 0.6) is 5.75 Å². The number of carbonyl (C=O) groups is 2. The fourth-order valence-electron chi connectivity index (χ4n) is 5.11. The first-order chi connectivity index (χ1) is 17.0. The summed E-state index contributed by atoms with van der Waals surface area (Å²) in [6, 6.07) is 22.6. The van der Waals surface area contributed by atoms with Gasteiger partial charge < -0.3 is 10.1 Å². The van der Waals surface area contributed by atoms with E-state index in [2.05, 4.69) is 5.32 Å². The molecule has 2 atom stereocenters. The van der Waals surface area contributed by atoms with Crippen molar-refractivity contribution >= 4 is 34.7 Å². The van der Waals surface area contributed by atoms with Gasteiger partial charge in [0.1, 0.15) is 5.75 Å². The van der Waals surface area contributed by atoms with E-state index >= 15 is 0 Å². The third-order valence-corrected chi connectivity index (χ3v) is 7.08. The molecule has 35 heavy (non-hydrogen) atoms. The highest BCUT2D eigenvalue weighted by molar-refractivity contribution is 6.30. The molecule has 6 heteroatoms. The predicted octanol–water partition coefficient (Wildman–Crippen LogP) is 6.66. The Hall–Kier alpha value is -3.57. The van der Waals surface area contributed by atoms with E-state index in [-0.39, 0.29) is 17.6 Å². The van der Waals surface area contributed by atoms with Gasteiger partial charge in [-0.25, -0.2) is 0 Å². The average molecular weight is 487 g/mol. The van der Waals surface area contributed by atoms with Gasteiger partial charge in [0, 0.05) is 29.1 Å². The minimum absolute atomic E-state index is 0.0334. The van der Waals surface area contributed by atoms with Crippen molar-refractivity contribution < 1.29 is 14.3 Å². The maximum Gasteiger partial charge on any atom is 0.227 e. The molecule has 0 fully saturated rings. The normalized spacial score (nSPS) is 19.4. The van der Waals surface area contributed by atoms with Crippen LogP contribution in [-0.4, -0.2) is 18.8 Å². The Bertz CT molecular complexity index is 1300. The molecule has 1 aliphatic carbocycles. The minimum atomic E-state index is -0.532. The van der Waals surface area contributed by atoms with Crippen LogP contribution < -0.4 is 15.0 Å². The number of rotatable bonds is 4. The molecule has 5 rings (SSSR count). The lowest BCUT2D eigenvalue weighted by Gasteiger charge is -2.35. The van der Waals surface area contributed by atoms with Crippen molar-refractivity contribution in [3.05, 3.63) is 100 Å². The lowest BCUT2D eigenvalue weighted by molar-refractivity contribution is -0.119. The maximum atomic E-state index is 13.9. The highest BCUT2D eigenvalue weighted by atomic mass is 35.5. The van der Waals surface area contributed by atoms with E-state index < -0.39 is 6.04 Å². The number of allylic oxidation sites excluding steroid dienone is 1. The zero-order valence-corrected chi connectivity index (χ0v) is 20.5. The van der Waals surface area contributed by atoms with Gasteiger partial charge in [-0.3, -0.25) is 14.5 Å². The zero-order valence-electron chi connectivity index (χ0n) is 19.8. The number of carbonyl (C=O) groups excluding carboxylic acids is 2. The van der Waals surface area contributed by atoms with E-state index in [9.17, 15) is 9.59 Å². The minimum Gasteiger partial charge on any atom is -0.497 e. The first-order valence-electron chi connectivity index (χ1n) is 11.8. The summed E-state index contributed by atoms with van der Waals surface area (Å²) in [4.78, 5) is 29.0. The number of benzene rings is 3. The summed E-state index contributed by atoms with van der Waals surface area (Å²) in [7, 11) is 1.64. The second-order valence-electron chi connectivity index (χ2n) is 8.91. The highest BCUT2D eigenvalue weighted by Crippen LogP contribution is 2.47. The van der Waals surface area contributed by atoms with Crippen LogP contribution in [0.4, 0.5) is 11.4 Å². The summed E-state index contributed by atoms with van der Waals surface area (Å²) in [5, 5.41) is 4.16. The quantitative estimate of drug-likeness (QED) is 0.448. The molecule has 0 aromatic heterocycles. The van der Waals surface area contributed by atoms with Crippen molar-refractivity contribution in [3.8, 4) is 5.75 Å². The number of anilines is 2. The molecule has 0 bridgehead atoms. The van der Waals surface area contributed by atoms with Crippen molar-refractivity contribution in [2.24, 2.45) is 0 Å². The molecule has 1 heterocycles. The van der Waals surface area contributed by atoms with Gasteiger partial charge in [-0.05, 0) is 59.9 Å². The largest absolute Gasteiger partial charge is 0.497 e. The van der Waals surface area contributed by atoms with Crippen LogP contribution in [0.25, 0.3) is 0 Å². The van der Waals surface area contributed by atoms with Gasteiger partial charge in [-0.2, -0.15) is 0 Å². The van der Waals surface area contributed by atoms with Crippen LogP contribution in [0.2, 0.25) is 5.02 Å². The zero-order chi connectivity index (χ0) is 24.5. The van der Waals surface area contributed by atoms with Crippen LogP contribution in [-0.2, 0) is 9.59 Å². The summed E-state index contributed by atoms with van der Waals surface area (Å²) in [6.07, 6.45) is 1.37. The van der Waals surface area contributed by atoms with Gasteiger partial charge in [0.25, 0.3) is 0 Å². The Labute approximate surface area is 210 Å². The SMILES string of the molecule is CCC(=O)N1c2ccccc2NC2=C(C(=O)CC(c3ccc(OC)cc3)C2)C1c1ccc(Cl)cc1. The van der Waals surface area contributed by atoms with Crippen molar-refractivity contribution in [1.29, 1.82) is 0 Å². The summed E-state index contributed by atoms with van der Waals surface area (Å²) < 4.78 is 5.30. The van der Waals surface area contributed by atoms with Gasteiger partial charge >= 0.3 is 0 Å². The number of halogens is 1. The van der Waals surface area contributed by atoms with Gasteiger partial charge in [0.05, 0.1) is 24.5 Å². The second kappa shape index (κ2) is 9.59. The molecular weight excluding hydrogens is 460 g/mol. The standard InChI is InChI=1S/C29H27ClN2O3/c1-3-27(34)32-25-7-5-4-6-23(25)31-24-16-20(18-10-14-22(35-2)15-11-18)17-26(33)28(24)29(32)19-8-12-21(30)13-9-19/h4-15,20,29,31H,3,16-17H2,1-2H3. The molecule has 3 aromatic rings. The lowest BCUT2D eigenvalue weighted by atomic mass is 9.78. The van der Waals surface area contributed by atoms with Gasteiger partial charge in [0.2, 0.25) is 5.91 Å². The van der Waals surface area contributed by atoms with Crippen LogP contribution in [0.15, 0.2) is 84.1 Å². The van der Waals surface area contributed by atoms with Crippen LogP contribution in [0.3, 0.4) is 0 Å². The van der Waals surface area contributed by atoms with E-state index in [1.54, 1.807) is 12.0 Å². The Balaban J connectivity index is 1.67. The van der Waals surface area contributed by atoms with Crippen molar-refractivity contribution in [2.45, 2.75) is 38.1 Å². The molecule has 2 aliphatic rings. The monoisotopic (exact) mass is 486 g/mol. The summed E-state index contributed by atoms with van der Waals surface area (Å²) in [5.74, 6) is 0.819. The molecule has 0 saturated heterocycles. The molecule has 1 amide bonds. The Morgan fingerprint density at radius 2 is 1.69 bits per heavy atom. The number of nitrogens with one attached hydrogen (secondary N) is 1. The first-order valence-corrected chi connectivity index (χ1v) is 12.2. The van der Waals surface area contributed by atoms with E-state index in [1.165, 1.54) is 0 Å². The van der Waals surface area contributed by atoms with Crippen molar-refractivity contribution in [1.82, 2.24) is 0 Å². The van der Waals surface area contributed by atoms with E-state index in [0.29, 0.717) is 29.9 Å². The summed E-state index contributed by atoms with van der Waals surface area (Å²) >= 11 is 6.18. The number of Topliss-reactive ketones (excluding diaryl/α,β-unsaturated/α-hetero) is 1. The number of ether oxygens (including phenoxy) is 1.